The van der Waals surface area contributed by atoms with Crippen LogP contribution in [0.15, 0.2) is 23.8 Å². The number of rotatable bonds is 9. The van der Waals surface area contributed by atoms with Crippen LogP contribution in [0.1, 0.15) is 66.2 Å². The minimum atomic E-state index is -0.233. The van der Waals surface area contributed by atoms with Crippen LogP contribution in [-0.4, -0.2) is 24.8 Å². The lowest BCUT2D eigenvalue weighted by molar-refractivity contribution is -0.145. The Morgan fingerprint density at radius 2 is 2.14 bits per heavy atom. The van der Waals surface area contributed by atoms with Gasteiger partial charge in [0.05, 0.1) is 25.2 Å². The first-order chi connectivity index (χ1) is 10.5. The van der Waals surface area contributed by atoms with E-state index in [1.54, 1.807) is 0 Å². The third kappa shape index (κ3) is 4.98. The van der Waals surface area contributed by atoms with Gasteiger partial charge >= 0.3 is 5.97 Å². The van der Waals surface area contributed by atoms with Crippen molar-refractivity contribution in [2.75, 3.05) is 7.11 Å². The summed E-state index contributed by atoms with van der Waals surface area (Å²) < 4.78 is 11.2. The van der Waals surface area contributed by atoms with E-state index in [0.717, 1.165) is 32.1 Å². The van der Waals surface area contributed by atoms with E-state index in [1.165, 1.54) is 12.7 Å². The summed E-state index contributed by atoms with van der Waals surface area (Å²) in [4.78, 5) is 11.6. The van der Waals surface area contributed by atoms with Gasteiger partial charge in [0.15, 0.2) is 0 Å². The second-order valence-electron chi connectivity index (χ2n) is 6.09. The molecule has 0 aromatic heterocycles. The van der Waals surface area contributed by atoms with Gasteiger partial charge in [-0.3, -0.25) is 4.79 Å². The topological polar surface area (TPSA) is 35.5 Å². The van der Waals surface area contributed by atoms with Gasteiger partial charge in [-0.15, -0.1) is 0 Å². The molecule has 3 atom stereocenters. The Morgan fingerprint density at radius 3 is 2.64 bits per heavy atom. The highest BCUT2D eigenvalue weighted by Gasteiger charge is 2.39. The molecule has 0 bridgehead atoms. The Labute approximate surface area is 135 Å². The van der Waals surface area contributed by atoms with Gasteiger partial charge in [0.25, 0.3) is 0 Å². The molecule has 0 aromatic carbocycles. The fraction of sp³-hybridized carbons (Fsp3) is 0.737. The number of methoxy groups -OCH3 is 1. The molecule has 126 valence electrons. The van der Waals surface area contributed by atoms with E-state index < -0.39 is 0 Å². The van der Waals surface area contributed by atoms with Gasteiger partial charge < -0.3 is 9.47 Å². The van der Waals surface area contributed by atoms with Crippen LogP contribution in [-0.2, 0) is 14.3 Å². The summed E-state index contributed by atoms with van der Waals surface area (Å²) in [6.45, 7) is 8.67. The molecule has 0 N–H and O–H groups in total. The molecule has 0 aliphatic carbocycles. The van der Waals surface area contributed by atoms with Crippen LogP contribution in [0.25, 0.3) is 0 Å². The van der Waals surface area contributed by atoms with Crippen molar-refractivity contribution in [3.63, 3.8) is 0 Å². The lowest BCUT2D eigenvalue weighted by atomic mass is 9.86. The van der Waals surface area contributed by atoms with Crippen LogP contribution in [0.4, 0.5) is 0 Å². The normalized spacial score (nSPS) is 26.2. The molecule has 3 nitrogen and oxygen atoms in total. The van der Waals surface area contributed by atoms with Gasteiger partial charge in [-0.2, -0.15) is 0 Å². The molecule has 0 amide bonds. The van der Waals surface area contributed by atoms with Crippen LogP contribution in [0.3, 0.4) is 0 Å². The largest absolute Gasteiger partial charge is 0.469 e. The Bertz CT molecular complexity index is 411. The fourth-order valence-corrected chi connectivity index (χ4v) is 3.12. The second kappa shape index (κ2) is 9.14. The van der Waals surface area contributed by atoms with Gasteiger partial charge in [0.2, 0.25) is 0 Å². The maximum Gasteiger partial charge on any atom is 0.308 e. The predicted octanol–water partition coefficient (Wildman–Crippen LogP) is 4.82. The van der Waals surface area contributed by atoms with Crippen molar-refractivity contribution in [1.82, 2.24) is 0 Å². The van der Waals surface area contributed by atoms with E-state index in [0.29, 0.717) is 12.3 Å². The average Bonchev–Trinajstić information content (AvgIpc) is 2.89. The molecule has 22 heavy (non-hydrogen) atoms. The first kappa shape index (κ1) is 19.0. The first-order valence-electron chi connectivity index (χ1n) is 8.66. The molecular weight excluding hydrogens is 276 g/mol. The standard InChI is InChI=1S/C19H32O3/c1-6-10-11-15(7-2)13-19(9-4)14-16(8-3)17(22-19)12-18(20)21-5/h10-11,14-15,17H,6-9,12-13H2,1-5H3/b11-10+/t15-,17?,19+/m0/s1. The Morgan fingerprint density at radius 1 is 1.41 bits per heavy atom. The number of carbonyl (C=O) groups is 1. The van der Waals surface area contributed by atoms with Crippen molar-refractivity contribution in [3.8, 4) is 0 Å². The molecule has 1 unspecified atom stereocenters. The molecule has 1 aliphatic heterocycles. The quantitative estimate of drug-likeness (QED) is 0.452. The van der Waals surface area contributed by atoms with Crippen LogP contribution in [0, 0.1) is 5.92 Å². The summed E-state index contributed by atoms with van der Waals surface area (Å²) in [5.41, 5.74) is 1.00. The second-order valence-corrected chi connectivity index (χ2v) is 6.09. The highest BCUT2D eigenvalue weighted by atomic mass is 16.5. The SMILES string of the molecule is CC/C=C/[C@H](CC)C[C@]1(CC)C=C(CC)C(CC(=O)OC)O1. The van der Waals surface area contributed by atoms with Crippen molar-refractivity contribution in [2.45, 2.75) is 77.9 Å². The van der Waals surface area contributed by atoms with E-state index in [2.05, 4.69) is 45.9 Å². The third-order valence-electron chi connectivity index (χ3n) is 4.60. The molecule has 0 spiro atoms. The summed E-state index contributed by atoms with van der Waals surface area (Å²) >= 11 is 0. The van der Waals surface area contributed by atoms with Crippen molar-refractivity contribution in [2.24, 2.45) is 5.92 Å². The Kier molecular flexibility index (Phi) is 7.88. The zero-order valence-corrected chi connectivity index (χ0v) is 14.9. The van der Waals surface area contributed by atoms with Crippen LogP contribution < -0.4 is 0 Å². The number of ether oxygens (including phenoxy) is 2. The zero-order chi connectivity index (χ0) is 16.6. The number of hydrogen-bond acceptors (Lipinski definition) is 3. The highest BCUT2D eigenvalue weighted by molar-refractivity contribution is 5.70. The first-order valence-corrected chi connectivity index (χ1v) is 8.66. The van der Waals surface area contributed by atoms with Crippen LogP contribution >= 0.6 is 0 Å². The number of allylic oxidation sites excluding steroid dienone is 2. The molecule has 1 aliphatic rings. The zero-order valence-electron chi connectivity index (χ0n) is 14.9. The van der Waals surface area contributed by atoms with E-state index in [-0.39, 0.29) is 17.7 Å². The highest BCUT2D eigenvalue weighted by Crippen LogP contribution is 2.40. The van der Waals surface area contributed by atoms with E-state index in [9.17, 15) is 4.79 Å². The summed E-state index contributed by atoms with van der Waals surface area (Å²) in [7, 11) is 1.43. The summed E-state index contributed by atoms with van der Waals surface area (Å²) in [5, 5.41) is 0. The Hall–Kier alpha value is -1.09. The molecule has 0 fully saturated rings. The smallest absolute Gasteiger partial charge is 0.308 e. The monoisotopic (exact) mass is 308 g/mol. The fourth-order valence-electron chi connectivity index (χ4n) is 3.12. The van der Waals surface area contributed by atoms with E-state index in [4.69, 9.17) is 9.47 Å². The van der Waals surface area contributed by atoms with Crippen LogP contribution in [0.5, 0.6) is 0 Å². The molecule has 0 radical (unpaired) electrons. The lowest BCUT2D eigenvalue weighted by Crippen LogP contribution is -2.32. The summed E-state index contributed by atoms with van der Waals surface area (Å²) in [5.74, 6) is 0.320. The van der Waals surface area contributed by atoms with E-state index in [1.807, 2.05) is 0 Å². The molecule has 0 saturated carbocycles. The molecule has 0 saturated heterocycles. The minimum absolute atomic E-state index is 0.120. The molecule has 3 heteroatoms. The lowest BCUT2D eigenvalue weighted by Gasteiger charge is -2.30. The number of esters is 1. The molecule has 1 heterocycles. The molecular formula is C19H32O3. The van der Waals surface area contributed by atoms with Gasteiger partial charge in [0.1, 0.15) is 0 Å². The van der Waals surface area contributed by atoms with Gasteiger partial charge in [-0.25, -0.2) is 0 Å². The maximum atomic E-state index is 11.6. The summed E-state index contributed by atoms with van der Waals surface area (Å²) in [6, 6.07) is 0. The van der Waals surface area contributed by atoms with Crippen molar-refractivity contribution >= 4 is 5.97 Å². The van der Waals surface area contributed by atoms with Gasteiger partial charge in [-0.1, -0.05) is 45.9 Å². The predicted molar refractivity (Wildman–Crippen MR) is 90.7 cm³/mol. The minimum Gasteiger partial charge on any atom is -0.469 e. The van der Waals surface area contributed by atoms with Crippen LogP contribution in [0.2, 0.25) is 0 Å². The van der Waals surface area contributed by atoms with Crippen molar-refractivity contribution in [3.05, 3.63) is 23.8 Å². The van der Waals surface area contributed by atoms with Crippen molar-refractivity contribution in [1.29, 1.82) is 0 Å². The molecule has 0 aromatic rings. The number of carbonyl (C=O) groups excluding carboxylic acids is 1. The summed E-state index contributed by atoms with van der Waals surface area (Å²) in [6.07, 6.45) is 12.0. The molecule has 1 rings (SSSR count). The third-order valence-corrected chi connectivity index (χ3v) is 4.60. The number of hydrogen-bond donors (Lipinski definition) is 0. The Balaban J connectivity index is 2.87. The van der Waals surface area contributed by atoms with Gasteiger partial charge in [0, 0.05) is 0 Å². The average molecular weight is 308 g/mol. The van der Waals surface area contributed by atoms with E-state index >= 15 is 0 Å². The van der Waals surface area contributed by atoms with Crippen molar-refractivity contribution < 1.29 is 14.3 Å². The van der Waals surface area contributed by atoms with Gasteiger partial charge in [-0.05, 0) is 43.6 Å². The maximum absolute atomic E-state index is 11.6.